The number of aromatic amines is 1. The van der Waals surface area contributed by atoms with E-state index in [2.05, 4.69) is 20.5 Å². The topological polar surface area (TPSA) is 70.7 Å². The summed E-state index contributed by atoms with van der Waals surface area (Å²) < 4.78 is 0. The normalized spacial score (nSPS) is 10.6. The Balaban J connectivity index is 1.53. The summed E-state index contributed by atoms with van der Waals surface area (Å²) in [5.74, 6) is 1.12. The van der Waals surface area contributed by atoms with Gasteiger partial charge in [-0.05, 0) is 35.7 Å². The summed E-state index contributed by atoms with van der Waals surface area (Å²) in [5, 5.41) is 10.6. The predicted molar refractivity (Wildman–Crippen MR) is 97.4 cm³/mol. The van der Waals surface area contributed by atoms with E-state index in [4.69, 9.17) is 11.6 Å². The minimum atomic E-state index is -0.0969. The lowest BCUT2D eigenvalue weighted by atomic mass is 10.1. The first-order chi connectivity index (χ1) is 12.1. The van der Waals surface area contributed by atoms with Gasteiger partial charge in [0.1, 0.15) is 5.82 Å². The van der Waals surface area contributed by atoms with Gasteiger partial charge in [-0.1, -0.05) is 48.0 Å². The van der Waals surface area contributed by atoms with Crippen LogP contribution in [0.2, 0.25) is 5.02 Å². The van der Waals surface area contributed by atoms with Crippen LogP contribution in [-0.4, -0.2) is 21.1 Å². The first-order valence-corrected chi connectivity index (χ1v) is 8.44. The number of amides is 1. The number of hydrogen-bond donors (Lipinski definition) is 2. The second-order valence-electron chi connectivity index (χ2n) is 5.88. The maximum Gasteiger partial charge on any atom is 0.228 e. The fraction of sp³-hybridized carbons (Fsp3) is 0.211. The molecule has 0 aliphatic carbocycles. The average molecular weight is 355 g/mol. The van der Waals surface area contributed by atoms with E-state index >= 15 is 0 Å². The second-order valence-corrected chi connectivity index (χ2v) is 6.32. The van der Waals surface area contributed by atoms with Crippen molar-refractivity contribution in [1.29, 1.82) is 0 Å². The van der Waals surface area contributed by atoms with Crippen LogP contribution in [0.3, 0.4) is 0 Å². The van der Waals surface area contributed by atoms with Gasteiger partial charge in [0.15, 0.2) is 5.82 Å². The summed E-state index contributed by atoms with van der Waals surface area (Å²) >= 11 is 5.88. The summed E-state index contributed by atoms with van der Waals surface area (Å²) in [5.41, 5.74) is 3.34. The zero-order chi connectivity index (χ0) is 17.6. The third kappa shape index (κ3) is 4.90. The molecule has 1 heterocycles. The van der Waals surface area contributed by atoms with Crippen LogP contribution in [0.15, 0.2) is 48.5 Å². The molecule has 25 heavy (non-hydrogen) atoms. The smallest absolute Gasteiger partial charge is 0.228 e. The van der Waals surface area contributed by atoms with Gasteiger partial charge in [0.05, 0.1) is 6.42 Å². The van der Waals surface area contributed by atoms with Gasteiger partial charge in [0.2, 0.25) is 5.91 Å². The molecule has 0 spiro atoms. The van der Waals surface area contributed by atoms with Gasteiger partial charge in [-0.25, -0.2) is 4.98 Å². The molecular formula is C19H19ClN4O. The average Bonchev–Trinajstić information content (AvgIpc) is 3.03. The molecule has 0 atom stereocenters. The van der Waals surface area contributed by atoms with Crippen molar-refractivity contribution in [3.05, 3.63) is 81.9 Å². The lowest BCUT2D eigenvalue weighted by molar-refractivity contribution is -0.120. The third-order valence-electron chi connectivity index (χ3n) is 3.92. The second kappa shape index (κ2) is 7.94. The molecule has 0 radical (unpaired) electrons. The fourth-order valence-electron chi connectivity index (χ4n) is 2.50. The number of carbonyl (C=O) groups excluding carboxylic acids is 1. The molecule has 0 aliphatic rings. The lowest BCUT2D eigenvalue weighted by Crippen LogP contribution is -2.25. The van der Waals surface area contributed by atoms with Crippen molar-refractivity contribution in [1.82, 2.24) is 20.5 Å². The van der Waals surface area contributed by atoms with Crippen LogP contribution < -0.4 is 5.32 Å². The fourth-order valence-corrected chi connectivity index (χ4v) is 2.62. The molecular weight excluding hydrogens is 336 g/mol. The van der Waals surface area contributed by atoms with Crippen LogP contribution in [0.25, 0.3) is 0 Å². The molecule has 128 valence electrons. The number of nitrogens with zero attached hydrogens (tertiary/aromatic N) is 2. The van der Waals surface area contributed by atoms with Crippen molar-refractivity contribution in [2.45, 2.75) is 26.3 Å². The minimum absolute atomic E-state index is 0.0969. The van der Waals surface area contributed by atoms with Crippen LogP contribution in [0, 0.1) is 6.92 Å². The number of H-pyrrole nitrogens is 1. The molecule has 0 aliphatic heterocycles. The van der Waals surface area contributed by atoms with Gasteiger partial charge >= 0.3 is 0 Å². The highest BCUT2D eigenvalue weighted by Gasteiger charge is 2.10. The maximum atomic E-state index is 12.1. The molecule has 2 N–H and O–H groups in total. The van der Waals surface area contributed by atoms with Crippen molar-refractivity contribution in [3.8, 4) is 0 Å². The first-order valence-electron chi connectivity index (χ1n) is 8.06. The van der Waals surface area contributed by atoms with E-state index in [1.165, 1.54) is 0 Å². The molecule has 5 nitrogen and oxygen atoms in total. The summed E-state index contributed by atoms with van der Waals surface area (Å²) in [4.78, 5) is 16.5. The molecule has 1 aromatic heterocycles. The number of aryl methyl sites for hydroxylation is 1. The highest BCUT2D eigenvalue weighted by Crippen LogP contribution is 2.12. The highest BCUT2D eigenvalue weighted by molar-refractivity contribution is 6.30. The Labute approximate surface area is 151 Å². The van der Waals surface area contributed by atoms with Gasteiger partial charge < -0.3 is 5.32 Å². The quantitative estimate of drug-likeness (QED) is 0.714. The molecule has 3 aromatic rings. The Bertz CT molecular complexity index is 858. The Morgan fingerprint density at radius 1 is 1.16 bits per heavy atom. The number of halogens is 1. The van der Waals surface area contributed by atoms with E-state index in [1.54, 1.807) is 0 Å². The maximum absolute atomic E-state index is 12.1. The molecule has 0 unspecified atom stereocenters. The monoisotopic (exact) mass is 354 g/mol. The molecule has 0 bridgehead atoms. The highest BCUT2D eigenvalue weighted by atomic mass is 35.5. The van der Waals surface area contributed by atoms with Crippen molar-refractivity contribution in [2.75, 3.05) is 0 Å². The Morgan fingerprint density at radius 3 is 2.68 bits per heavy atom. The summed E-state index contributed by atoms with van der Waals surface area (Å²) in [6, 6.07) is 15.6. The SMILES string of the molecule is Cc1ccccc1CNC(=O)Cc1n[nH]c(Cc2ccc(Cl)cc2)n1. The van der Waals surface area contributed by atoms with Crippen LogP contribution in [0.5, 0.6) is 0 Å². The van der Waals surface area contributed by atoms with Crippen molar-refractivity contribution >= 4 is 17.5 Å². The largest absolute Gasteiger partial charge is 0.352 e. The van der Waals surface area contributed by atoms with Crippen molar-refractivity contribution in [3.63, 3.8) is 0 Å². The molecule has 0 saturated carbocycles. The van der Waals surface area contributed by atoms with E-state index in [-0.39, 0.29) is 12.3 Å². The van der Waals surface area contributed by atoms with E-state index in [0.29, 0.717) is 23.8 Å². The van der Waals surface area contributed by atoms with Crippen LogP contribution >= 0.6 is 11.6 Å². The summed E-state index contributed by atoms with van der Waals surface area (Å²) in [6.45, 7) is 2.54. The zero-order valence-electron chi connectivity index (χ0n) is 13.9. The number of rotatable bonds is 6. The molecule has 0 fully saturated rings. The Morgan fingerprint density at radius 2 is 1.92 bits per heavy atom. The molecule has 1 amide bonds. The van der Waals surface area contributed by atoms with Crippen molar-refractivity contribution in [2.24, 2.45) is 0 Å². The molecule has 0 saturated heterocycles. The number of carbonyl (C=O) groups is 1. The van der Waals surface area contributed by atoms with E-state index in [1.807, 2.05) is 55.5 Å². The predicted octanol–water partition coefficient (Wildman–Crippen LogP) is 3.22. The third-order valence-corrected chi connectivity index (χ3v) is 4.17. The lowest BCUT2D eigenvalue weighted by Gasteiger charge is -2.06. The van der Waals surface area contributed by atoms with Crippen LogP contribution in [0.1, 0.15) is 28.3 Å². The first kappa shape index (κ1) is 17.2. The van der Waals surface area contributed by atoms with Gasteiger partial charge in [-0.3, -0.25) is 9.89 Å². The summed E-state index contributed by atoms with van der Waals surface area (Å²) in [6.07, 6.45) is 0.776. The van der Waals surface area contributed by atoms with E-state index < -0.39 is 0 Å². The van der Waals surface area contributed by atoms with Crippen LogP contribution in [-0.2, 0) is 24.2 Å². The zero-order valence-corrected chi connectivity index (χ0v) is 14.7. The molecule has 2 aromatic carbocycles. The minimum Gasteiger partial charge on any atom is -0.352 e. The van der Waals surface area contributed by atoms with Crippen molar-refractivity contribution < 1.29 is 4.79 Å². The molecule has 6 heteroatoms. The Hall–Kier alpha value is -2.66. The number of benzene rings is 2. The van der Waals surface area contributed by atoms with Crippen LogP contribution in [0.4, 0.5) is 0 Å². The number of hydrogen-bond acceptors (Lipinski definition) is 3. The number of nitrogens with one attached hydrogen (secondary N) is 2. The van der Waals surface area contributed by atoms with Gasteiger partial charge in [0, 0.05) is 18.0 Å². The van der Waals surface area contributed by atoms with Gasteiger partial charge in [0.25, 0.3) is 0 Å². The van der Waals surface area contributed by atoms with Gasteiger partial charge in [-0.2, -0.15) is 5.10 Å². The Kier molecular flexibility index (Phi) is 5.46. The van der Waals surface area contributed by atoms with E-state index in [0.717, 1.165) is 22.5 Å². The van der Waals surface area contributed by atoms with Gasteiger partial charge in [-0.15, -0.1) is 0 Å². The molecule has 3 rings (SSSR count). The van der Waals surface area contributed by atoms with E-state index in [9.17, 15) is 4.79 Å². The number of aromatic nitrogens is 3. The standard InChI is InChI=1S/C19H19ClN4O/c1-13-4-2-3-5-15(13)12-21-19(25)11-18-22-17(23-24-18)10-14-6-8-16(20)9-7-14/h2-9H,10-12H2,1H3,(H,21,25)(H,22,23,24). The summed E-state index contributed by atoms with van der Waals surface area (Å²) in [7, 11) is 0.